The molecule has 0 spiro atoms. The second-order valence-electron chi connectivity index (χ2n) is 10.1. The van der Waals surface area contributed by atoms with Crippen molar-refractivity contribution in [3.8, 4) is 0 Å². The van der Waals surface area contributed by atoms with Crippen LogP contribution in [0.4, 0.5) is 8.78 Å². The first-order valence-corrected chi connectivity index (χ1v) is 10.4. The molecule has 0 amide bonds. The fourth-order valence-electron chi connectivity index (χ4n) is 7.71. The standard InChI is InChI=1S/C22H30F2O4/c1-11-6-13-14-8-16(23)15-7-12(26)4-5-21(15,3)22(14,24)18(28)9-20(13,2)19(11)17(27)10-25/h7,11,13-14,16,18-19,25,28H,4-6,8-10H2,1-3H3/t11-,13+,14+,16+,18+,19-,20+,21+,22+/m1/s1. The number of hydrogen-bond acceptors (Lipinski definition) is 4. The van der Waals surface area contributed by atoms with Crippen LogP contribution < -0.4 is 0 Å². The number of allylic oxidation sites excluding steroid dienone is 1. The molecule has 0 aromatic heterocycles. The number of fused-ring (bicyclic) bond motifs is 5. The number of halogens is 2. The average Bonchev–Trinajstić information content (AvgIpc) is 2.89. The van der Waals surface area contributed by atoms with Gasteiger partial charge in [0.2, 0.25) is 0 Å². The van der Waals surface area contributed by atoms with E-state index in [1.165, 1.54) is 6.08 Å². The third-order valence-corrected chi connectivity index (χ3v) is 8.87. The van der Waals surface area contributed by atoms with Crippen LogP contribution in [0.25, 0.3) is 0 Å². The van der Waals surface area contributed by atoms with Crippen molar-refractivity contribution >= 4 is 11.6 Å². The maximum atomic E-state index is 16.9. The molecule has 0 aromatic rings. The Morgan fingerprint density at radius 2 is 1.96 bits per heavy atom. The lowest BCUT2D eigenvalue weighted by Crippen LogP contribution is -2.69. The second kappa shape index (κ2) is 6.18. The summed E-state index contributed by atoms with van der Waals surface area (Å²) in [6.45, 7) is 4.91. The molecule has 4 rings (SSSR count). The highest BCUT2D eigenvalue weighted by Crippen LogP contribution is 2.70. The van der Waals surface area contributed by atoms with Gasteiger partial charge in [0.15, 0.2) is 11.6 Å². The van der Waals surface area contributed by atoms with Crippen LogP contribution >= 0.6 is 0 Å². The van der Waals surface area contributed by atoms with Gasteiger partial charge in [-0.2, -0.15) is 0 Å². The molecule has 4 aliphatic carbocycles. The van der Waals surface area contributed by atoms with Gasteiger partial charge in [0.05, 0.1) is 6.10 Å². The molecule has 4 aliphatic rings. The van der Waals surface area contributed by atoms with Crippen LogP contribution in [0.5, 0.6) is 0 Å². The van der Waals surface area contributed by atoms with Crippen LogP contribution in [-0.2, 0) is 9.59 Å². The predicted molar refractivity (Wildman–Crippen MR) is 98.9 cm³/mol. The van der Waals surface area contributed by atoms with Crippen LogP contribution in [0.15, 0.2) is 11.6 Å². The van der Waals surface area contributed by atoms with E-state index in [-0.39, 0.29) is 54.7 Å². The molecule has 4 nitrogen and oxygen atoms in total. The lowest BCUT2D eigenvalue weighted by molar-refractivity contribution is -0.215. The van der Waals surface area contributed by atoms with E-state index in [0.717, 1.165) is 0 Å². The Labute approximate surface area is 164 Å². The minimum Gasteiger partial charge on any atom is -0.390 e. The van der Waals surface area contributed by atoms with E-state index in [4.69, 9.17) is 0 Å². The number of Topliss-reactive ketones (excluding diaryl/α,β-unsaturated/α-hetero) is 1. The molecule has 0 heterocycles. The summed E-state index contributed by atoms with van der Waals surface area (Å²) in [7, 11) is 0. The van der Waals surface area contributed by atoms with E-state index in [0.29, 0.717) is 6.42 Å². The molecule has 156 valence electrons. The number of carbonyl (C=O) groups is 2. The summed E-state index contributed by atoms with van der Waals surface area (Å²) < 4.78 is 32.1. The molecular weight excluding hydrogens is 366 g/mol. The van der Waals surface area contributed by atoms with E-state index in [1.807, 2.05) is 13.8 Å². The number of rotatable bonds is 2. The largest absolute Gasteiger partial charge is 0.390 e. The topological polar surface area (TPSA) is 74.6 Å². The molecule has 0 radical (unpaired) electrons. The molecule has 0 aromatic carbocycles. The van der Waals surface area contributed by atoms with E-state index >= 15 is 8.78 Å². The molecule has 28 heavy (non-hydrogen) atoms. The first-order chi connectivity index (χ1) is 13.0. The van der Waals surface area contributed by atoms with Gasteiger partial charge in [0, 0.05) is 23.7 Å². The monoisotopic (exact) mass is 396 g/mol. The zero-order valence-electron chi connectivity index (χ0n) is 16.8. The van der Waals surface area contributed by atoms with Gasteiger partial charge in [0.25, 0.3) is 0 Å². The average molecular weight is 396 g/mol. The highest BCUT2D eigenvalue weighted by molar-refractivity contribution is 5.92. The van der Waals surface area contributed by atoms with Crippen molar-refractivity contribution in [1.82, 2.24) is 0 Å². The molecule has 0 saturated heterocycles. The summed E-state index contributed by atoms with van der Waals surface area (Å²) >= 11 is 0. The molecule has 0 aliphatic heterocycles. The van der Waals surface area contributed by atoms with Crippen molar-refractivity contribution in [3.05, 3.63) is 11.6 Å². The Morgan fingerprint density at radius 3 is 2.61 bits per heavy atom. The van der Waals surface area contributed by atoms with Crippen molar-refractivity contribution in [1.29, 1.82) is 0 Å². The molecule has 0 bridgehead atoms. The van der Waals surface area contributed by atoms with Gasteiger partial charge in [-0.05, 0) is 54.6 Å². The molecule has 0 unspecified atom stereocenters. The number of carbonyl (C=O) groups excluding carboxylic acids is 2. The van der Waals surface area contributed by atoms with E-state index in [1.54, 1.807) is 6.92 Å². The Morgan fingerprint density at radius 1 is 1.29 bits per heavy atom. The first-order valence-electron chi connectivity index (χ1n) is 10.4. The lowest BCUT2D eigenvalue weighted by Gasteiger charge is -2.63. The van der Waals surface area contributed by atoms with Gasteiger partial charge >= 0.3 is 0 Å². The molecule has 3 saturated carbocycles. The van der Waals surface area contributed by atoms with Crippen molar-refractivity contribution in [2.24, 2.45) is 34.5 Å². The second-order valence-corrected chi connectivity index (χ2v) is 10.1. The zero-order chi connectivity index (χ0) is 20.6. The fraction of sp³-hybridized carbons (Fsp3) is 0.818. The maximum Gasteiger partial charge on any atom is 0.162 e. The molecule has 9 atom stereocenters. The number of ketones is 2. The van der Waals surface area contributed by atoms with Gasteiger partial charge in [-0.1, -0.05) is 20.8 Å². The molecule has 3 fully saturated rings. The summed E-state index contributed by atoms with van der Waals surface area (Å²) in [6, 6.07) is 0. The van der Waals surface area contributed by atoms with Crippen molar-refractivity contribution in [2.45, 2.75) is 70.8 Å². The fourth-order valence-corrected chi connectivity index (χ4v) is 7.71. The van der Waals surface area contributed by atoms with Crippen LogP contribution in [0.3, 0.4) is 0 Å². The summed E-state index contributed by atoms with van der Waals surface area (Å²) in [6.07, 6.45) is -0.526. The molecular formula is C22H30F2O4. The number of alkyl halides is 2. The van der Waals surface area contributed by atoms with Crippen molar-refractivity contribution in [2.75, 3.05) is 6.61 Å². The highest BCUT2D eigenvalue weighted by atomic mass is 19.1. The Balaban J connectivity index is 1.82. The number of aliphatic hydroxyl groups excluding tert-OH is 2. The maximum absolute atomic E-state index is 16.9. The Bertz CT molecular complexity index is 751. The van der Waals surface area contributed by atoms with Gasteiger partial charge in [-0.3, -0.25) is 9.59 Å². The molecule has 2 N–H and O–H groups in total. The predicted octanol–water partition coefficient (Wildman–Crippen LogP) is 2.95. The van der Waals surface area contributed by atoms with Gasteiger partial charge in [0.1, 0.15) is 18.4 Å². The smallest absolute Gasteiger partial charge is 0.162 e. The minimum absolute atomic E-state index is 0.0556. The molecule has 6 heteroatoms. The Kier molecular flexibility index (Phi) is 4.45. The zero-order valence-corrected chi connectivity index (χ0v) is 16.8. The third kappa shape index (κ3) is 2.28. The SMILES string of the molecule is C[C@@H]1C[C@H]2[C@@H]3C[C@H](F)C4=CC(=O)CC[C@]4(C)[C@@]3(F)[C@@H](O)C[C@]2(C)[C@H]1C(=O)CO. The summed E-state index contributed by atoms with van der Waals surface area (Å²) in [5.41, 5.74) is -3.71. The van der Waals surface area contributed by atoms with E-state index < -0.39 is 47.2 Å². The summed E-state index contributed by atoms with van der Waals surface area (Å²) in [5.74, 6) is -1.94. The minimum atomic E-state index is -2.02. The Hall–Kier alpha value is -1.14. The van der Waals surface area contributed by atoms with Crippen LogP contribution in [0.2, 0.25) is 0 Å². The lowest BCUT2D eigenvalue weighted by atomic mass is 9.44. The number of hydrogen-bond donors (Lipinski definition) is 2. The van der Waals surface area contributed by atoms with E-state index in [9.17, 15) is 19.8 Å². The quantitative estimate of drug-likeness (QED) is 0.753. The first kappa shape index (κ1) is 20.1. The van der Waals surface area contributed by atoms with Gasteiger partial charge in [-0.15, -0.1) is 0 Å². The van der Waals surface area contributed by atoms with Gasteiger partial charge < -0.3 is 10.2 Å². The van der Waals surface area contributed by atoms with Crippen LogP contribution in [-0.4, -0.2) is 46.3 Å². The van der Waals surface area contributed by atoms with Crippen LogP contribution in [0, 0.1) is 34.5 Å². The van der Waals surface area contributed by atoms with Crippen molar-refractivity contribution < 1.29 is 28.6 Å². The summed E-state index contributed by atoms with van der Waals surface area (Å²) in [4.78, 5) is 24.4. The van der Waals surface area contributed by atoms with Crippen molar-refractivity contribution in [3.63, 3.8) is 0 Å². The van der Waals surface area contributed by atoms with Gasteiger partial charge in [-0.25, -0.2) is 8.78 Å². The summed E-state index contributed by atoms with van der Waals surface area (Å²) in [5, 5.41) is 20.6. The highest BCUT2D eigenvalue weighted by Gasteiger charge is 2.73. The van der Waals surface area contributed by atoms with Crippen LogP contribution in [0.1, 0.15) is 52.9 Å². The third-order valence-electron chi connectivity index (χ3n) is 8.87. The number of aliphatic hydroxyl groups is 2. The van der Waals surface area contributed by atoms with E-state index in [2.05, 4.69) is 0 Å². The normalized spacial score (nSPS) is 53.1.